The van der Waals surface area contributed by atoms with Crippen LogP contribution in [0.1, 0.15) is 26.5 Å². The van der Waals surface area contributed by atoms with Crippen LogP contribution in [-0.4, -0.2) is 34.9 Å². The van der Waals surface area contributed by atoms with Gasteiger partial charge >= 0.3 is 0 Å². The molecule has 0 atom stereocenters. The Labute approximate surface area is 140 Å². The fourth-order valence-electron chi connectivity index (χ4n) is 2.18. The van der Waals surface area contributed by atoms with Crippen molar-refractivity contribution in [1.29, 1.82) is 0 Å². The lowest BCUT2D eigenvalue weighted by molar-refractivity contribution is -0.122. The lowest BCUT2D eigenvalue weighted by atomic mass is 10.2. The summed E-state index contributed by atoms with van der Waals surface area (Å²) in [6.45, 7) is 7.68. The highest BCUT2D eigenvalue weighted by atomic mass is 32.1. The van der Waals surface area contributed by atoms with E-state index >= 15 is 0 Å². The van der Waals surface area contributed by atoms with Gasteiger partial charge in [0.05, 0.1) is 12.2 Å². The Morgan fingerprint density at radius 3 is 2.65 bits per heavy atom. The Morgan fingerprint density at radius 2 is 2.04 bits per heavy atom. The van der Waals surface area contributed by atoms with Gasteiger partial charge in [0.1, 0.15) is 10.8 Å². The molecule has 1 heterocycles. The highest BCUT2D eigenvalue weighted by Crippen LogP contribution is 2.24. The SMILES string of the molecule is CCN(CC(=O)NC(C)C)Cc1csc(-c2ccc(F)cc2)n1. The molecule has 0 saturated carbocycles. The van der Waals surface area contributed by atoms with Crippen LogP contribution in [0.25, 0.3) is 10.6 Å². The van der Waals surface area contributed by atoms with Gasteiger partial charge in [-0.1, -0.05) is 6.92 Å². The summed E-state index contributed by atoms with van der Waals surface area (Å²) in [7, 11) is 0. The number of hydrogen-bond donors (Lipinski definition) is 1. The molecule has 0 fully saturated rings. The van der Waals surface area contributed by atoms with E-state index in [0.29, 0.717) is 13.1 Å². The topological polar surface area (TPSA) is 45.2 Å². The zero-order valence-electron chi connectivity index (χ0n) is 13.7. The van der Waals surface area contributed by atoms with Crippen LogP contribution >= 0.6 is 11.3 Å². The van der Waals surface area contributed by atoms with E-state index in [0.717, 1.165) is 22.8 Å². The molecule has 2 aromatic rings. The molecule has 23 heavy (non-hydrogen) atoms. The maximum absolute atomic E-state index is 13.0. The Hall–Kier alpha value is -1.79. The minimum atomic E-state index is -0.251. The second-order valence-electron chi connectivity index (χ2n) is 5.68. The molecule has 0 spiro atoms. The fraction of sp³-hybridized carbons (Fsp3) is 0.412. The first-order valence-electron chi connectivity index (χ1n) is 7.70. The van der Waals surface area contributed by atoms with Gasteiger partial charge in [0.2, 0.25) is 5.91 Å². The molecule has 2 rings (SSSR count). The van der Waals surface area contributed by atoms with Gasteiger partial charge in [-0.05, 0) is 44.7 Å². The second kappa shape index (κ2) is 8.17. The number of nitrogens with zero attached hydrogens (tertiary/aromatic N) is 2. The summed E-state index contributed by atoms with van der Waals surface area (Å²) in [6.07, 6.45) is 0. The van der Waals surface area contributed by atoms with E-state index in [1.54, 1.807) is 12.1 Å². The first-order valence-corrected chi connectivity index (χ1v) is 8.58. The van der Waals surface area contributed by atoms with Crippen molar-refractivity contribution in [3.8, 4) is 10.6 Å². The quantitative estimate of drug-likeness (QED) is 0.844. The van der Waals surface area contributed by atoms with Gasteiger partial charge < -0.3 is 5.32 Å². The number of rotatable bonds is 7. The minimum Gasteiger partial charge on any atom is -0.353 e. The summed E-state index contributed by atoms with van der Waals surface area (Å²) in [5, 5.41) is 5.75. The Bertz CT molecular complexity index is 640. The first kappa shape index (κ1) is 17.6. The molecule has 1 aromatic heterocycles. The molecule has 0 aliphatic carbocycles. The molecule has 1 N–H and O–H groups in total. The highest BCUT2D eigenvalue weighted by molar-refractivity contribution is 7.13. The van der Waals surface area contributed by atoms with Crippen molar-refractivity contribution >= 4 is 17.2 Å². The molecule has 0 saturated heterocycles. The van der Waals surface area contributed by atoms with E-state index in [1.165, 1.54) is 23.5 Å². The van der Waals surface area contributed by atoms with E-state index in [4.69, 9.17) is 0 Å². The smallest absolute Gasteiger partial charge is 0.234 e. The maximum Gasteiger partial charge on any atom is 0.234 e. The zero-order valence-corrected chi connectivity index (χ0v) is 14.5. The lowest BCUT2D eigenvalue weighted by Crippen LogP contribution is -2.39. The number of aromatic nitrogens is 1. The van der Waals surface area contributed by atoms with Gasteiger partial charge in [0.15, 0.2) is 0 Å². The van der Waals surface area contributed by atoms with Gasteiger partial charge in [-0.15, -0.1) is 11.3 Å². The molecule has 4 nitrogen and oxygen atoms in total. The number of amides is 1. The third kappa shape index (κ3) is 5.41. The van der Waals surface area contributed by atoms with Crippen LogP contribution in [0, 0.1) is 5.82 Å². The second-order valence-corrected chi connectivity index (χ2v) is 6.53. The van der Waals surface area contributed by atoms with E-state index in [-0.39, 0.29) is 17.8 Å². The number of likely N-dealkylation sites (N-methyl/N-ethyl adjacent to an activating group) is 1. The molecule has 0 aliphatic heterocycles. The van der Waals surface area contributed by atoms with Crippen LogP contribution < -0.4 is 5.32 Å². The molecule has 0 aliphatic rings. The zero-order chi connectivity index (χ0) is 16.8. The van der Waals surface area contributed by atoms with Crippen LogP contribution in [0.5, 0.6) is 0 Å². The molecular weight excluding hydrogens is 313 g/mol. The first-order chi connectivity index (χ1) is 11.0. The summed E-state index contributed by atoms with van der Waals surface area (Å²) >= 11 is 1.53. The summed E-state index contributed by atoms with van der Waals surface area (Å²) in [6, 6.07) is 6.47. The van der Waals surface area contributed by atoms with Crippen molar-refractivity contribution in [2.24, 2.45) is 0 Å². The monoisotopic (exact) mass is 335 g/mol. The number of halogens is 1. The predicted octanol–water partition coefficient (Wildman–Crippen LogP) is 3.30. The Morgan fingerprint density at radius 1 is 1.35 bits per heavy atom. The summed E-state index contributed by atoms with van der Waals surface area (Å²) in [5.74, 6) is -0.227. The molecule has 0 radical (unpaired) electrons. The number of thiazole rings is 1. The largest absolute Gasteiger partial charge is 0.353 e. The standard InChI is InChI=1S/C17H22FN3OS/c1-4-21(10-16(22)19-12(2)3)9-15-11-23-17(20-15)13-5-7-14(18)8-6-13/h5-8,11-12H,4,9-10H2,1-3H3,(H,19,22). The molecule has 124 valence electrons. The number of carbonyl (C=O) groups is 1. The van der Waals surface area contributed by atoms with E-state index in [9.17, 15) is 9.18 Å². The normalized spacial score (nSPS) is 11.2. The molecule has 0 bridgehead atoms. The van der Waals surface area contributed by atoms with E-state index < -0.39 is 0 Å². The molecule has 1 aromatic carbocycles. The van der Waals surface area contributed by atoms with Crippen molar-refractivity contribution in [2.75, 3.05) is 13.1 Å². The average molecular weight is 335 g/mol. The van der Waals surface area contributed by atoms with Crippen molar-refractivity contribution in [3.63, 3.8) is 0 Å². The van der Waals surface area contributed by atoms with Gasteiger partial charge in [-0.3, -0.25) is 9.69 Å². The number of benzene rings is 1. The Kier molecular flexibility index (Phi) is 6.24. The van der Waals surface area contributed by atoms with Crippen LogP contribution in [-0.2, 0) is 11.3 Å². The minimum absolute atomic E-state index is 0.0239. The molecule has 0 unspecified atom stereocenters. The maximum atomic E-state index is 13.0. The van der Waals surface area contributed by atoms with Gasteiger partial charge in [0.25, 0.3) is 0 Å². The number of nitrogens with one attached hydrogen (secondary N) is 1. The third-order valence-corrected chi connectivity index (χ3v) is 4.23. The average Bonchev–Trinajstić information content (AvgIpc) is 2.95. The predicted molar refractivity (Wildman–Crippen MR) is 91.7 cm³/mol. The Balaban J connectivity index is 1.99. The van der Waals surface area contributed by atoms with Crippen molar-refractivity contribution in [1.82, 2.24) is 15.2 Å². The van der Waals surface area contributed by atoms with E-state index in [1.807, 2.05) is 31.1 Å². The molecular formula is C17H22FN3OS. The molecule has 1 amide bonds. The number of hydrogen-bond acceptors (Lipinski definition) is 4. The third-order valence-electron chi connectivity index (χ3n) is 3.29. The highest BCUT2D eigenvalue weighted by Gasteiger charge is 2.13. The molecule has 6 heteroatoms. The summed E-state index contributed by atoms with van der Waals surface area (Å²) < 4.78 is 13.0. The van der Waals surface area contributed by atoms with Crippen LogP contribution in [0.15, 0.2) is 29.6 Å². The van der Waals surface area contributed by atoms with Crippen molar-refractivity contribution in [3.05, 3.63) is 41.2 Å². The van der Waals surface area contributed by atoms with Crippen LogP contribution in [0.2, 0.25) is 0 Å². The van der Waals surface area contributed by atoms with Gasteiger partial charge in [-0.25, -0.2) is 9.37 Å². The van der Waals surface area contributed by atoms with Gasteiger partial charge in [-0.2, -0.15) is 0 Å². The van der Waals surface area contributed by atoms with Crippen LogP contribution in [0.4, 0.5) is 4.39 Å². The van der Waals surface area contributed by atoms with Crippen molar-refractivity contribution < 1.29 is 9.18 Å². The van der Waals surface area contributed by atoms with Crippen molar-refractivity contribution in [2.45, 2.75) is 33.4 Å². The fourth-order valence-corrected chi connectivity index (χ4v) is 3.00. The number of carbonyl (C=O) groups excluding carboxylic acids is 1. The van der Waals surface area contributed by atoms with Gasteiger partial charge in [0, 0.05) is 23.5 Å². The summed E-state index contributed by atoms with van der Waals surface area (Å²) in [5.41, 5.74) is 1.83. The summed E-state index contributed by atoms with van der Waals surface area (Å²) in [4.78, 5) is 18.5. The lowest BCUT2D eigenvalue weighted by Gasteiger charge is -2.19. The van der Waals surface area contributed by atoms with Crippen LogP contribution in [0.3, 0.4) is 0 Å². The van der Waals surface area contributed by atoms with E-state index in [2.05, 4.69) is 10.3 Å².